The second-order valence-corrected chi connectivity index (χ2v) is 10.2. The normalized spacial score (nSPS) is 15.8. The van der Waals surface area contributed by atoms with Crippen molar-refractivity contribution in [3.05, 3.63) is 109 Å². The van der Waals surface area contributed by atoms with Crippen molar-refractivity contribution in [2.24, 2.45) is 4.99 Å². The van der Waals surface area contributed by atoms with E-state index in [0.717, 1.165) is 11.1 Å². The van der Waals surface area contributed by atoms with Gasteiger partial charge in [0.1, 0.15) is 0 Å². The van der Waals surface area contributed by atoms with E-state index in [-0.39, 0.29) is 24.5 Å². The molecule has 0 aliphatic carbocycles. The van der Waals surface area contributed by atoms with Gasteiger partial charge in [0.05, 0.1) is 42.7 Å². The monoisotopic (exact) mass is 570 g/mol. The van der Waals surface area contributed by atoms with Gasteiger partial charge in [-0.1, -0.05) is 53.8 Å². The number of rotatable bonds is 7. The molecule has 1 aromatic heterocycles. The van der Waals surface area contributed by atoms with E-state index in [0.29, 0.717) is 43.6 Å². The molecule has 9 nitrogen and oxygen atoms in total. The summed E-state index contributed by atoms with van der Waals surface area (Å²) in [4.78, 5) is 33.0. The number of methoxy groups -OCH3 is 2. The molecule has 3 heterocycles. The Morgan fingerprint density at radius 3 is 2.56 bits per heavy atom. The highest BCUT2D eigenvalue weighted by Gasteiger charge is 2.36. The lowest BCUT2D eigenvalue weighted by molar-refractivity contribution is -0.138. The molecule has 0 saturated carbocycles. The molecule has 3 aromatic carbocycles. The quantitative estimate of drug-likeness (QED) is 0.313. The molecule has 0 N–H and O–H groups in total. The first-order chi connectivity index (χ1) is 20.0. The number of benzene rings is 3. The third kappa shape index (κ3) is 4.76. The number of thiazole rings is 1. The van der Waals surface area contributed by atoms with Crippen LogP contribution in [-0.2, 0) is 9.53 Å². The minimum Gasteiger partial charge on any atom is -0.493 e. The van der Waals surface area contributed by atoms with Gasteiger partial charge >= 0.3 is 5.97 Å². The second kappa shape index (κ2) is 11.0. The lowest BCUT2D eigenvalue weighted by atomic mass is 9.93. The van der Waals surface area contributed by atoms with Crippen LogP contribution in [0.3, 0.4) is 0 Å². The van der Waals surface area contributed by atoms with Crippen LogP contribution in [0.2, 0.25) is 0 Å². The molecule has 0 bridgehead atoms. The van der Waals surface area contributed by atoms with Gasteiger partial charge in [-0.3, -0.25) is 9.36 Å². The fraction of sp³-hybridized carbons (Fsp3) is 0.194. The zero-order valence-corrected chi connectivity index (χ0v) is 23.4. The van der Waals surface area contributed by atoms with Crippen molar-refractivity contribution in [3.63, 3.8) is 0 Å². The summed E-state index contributed by atoms with van der Waals surface area (Å²) in [5, 5.41) is 0. The standard InChI is InChI=1S/C31H26N2O7S/c1-4-38-30(35)26-27(19-8-6-5-7-9-19)32-31-33(28(26)20-11-13-22-24(16-20)40-17-39-22)29(34)25(41-31)15-18-10-12-21(36-2)23(14-18)37-3/h5-16,28H,4,17H2,1-3H3/b25-15-. The number of aromatic nitrogens is 1. The Morgan fingerprint density at radius 2 is 1.80 bits per heavy atom. The van der Waals surface area contributed by atoms with Crippen molar-refractivity contribution >= 4 is 29.1 Å². The van der Waals surface area contributed by atoms with Gasteiger partial charge in [-0.25, -0.2) is 9.79 Å². The lowest BCUT2D eigenvalue weighted by Gasteiger charge is -2.26. The van der Waals surface area contributed by atoms with Crippen molar-refractivity contribution in [2.75, 3.05) is 27.6 Å². The van der Waals surface area contributed by atoms with Crippen LogP contribution in [0.1, 0.15) is 29.7 Å². The molecule has 1 atom stereocenters. The number of nitrogens with zero attached hydrogens (tertiary/aromatic N) is 2. The van der Waals surface area contributed by atoms with Gasteiger partial charge in [0.25, 0.3) is 5.56 Å². The summed E-state index contributed by atoms with van der Waals surface area (Å²) in [6.07, 6.45) is 1.78. The van der Waals surface area contributed by atoms with Crippen LogP contribution in [0.4, 0.5) is 0 Å². The predicted octanol–water partition coefficient (Wildman–Crippen LogP) is 3.68. The topological polar surface area (TPSA) is 97.6 Å². The summed E-state index contributed by atoms with van der Waals surface area (Å²) < 4.78 is 29.5. The number of ether oxygens (including phenoxy) is 5. The molecule has 41 heavy (non-hydrogen) atoms. The molecule has 4 aromatic rings. The smallest absolute Gasteiger partial charge is 0.338 e. The fourth-order valence-corrected chi connectivity index (χ4v) is 5.93. The van der Waals surface area contributed by atoms with Crippen molar-refractivity contribution in [2.45, 2.75) is 13.0 Å². The van der Waals surface area contributed by atoms with Crippen LogP contribution in [0.15, 0.2) is 82.1 Å². The van der Waals surface area contributed by atoms with Crippen LogP contribution < -0.4 is 33.8 Å². The molecule has 0 saturated heterocycles. The Bertz CT molecular complexity index is 1860. The van der Waals surface area contributed by atoms with Crippen molar-refractivity contribution < 1.29 is 28.5 Å². The van der Waals surface area contributed by atoms with E-state index in [4.69, 9.17) is 28.7 Å². The lowest BCUT2D eigenvalue weighted by Crippen LogP contribution is -2.40. The molecular formula is C31H26N2O7S. The van der Waals surface area contributed by atoms with Crippen LogP contribution >= 0.6 is 11.3 Å². The van der Waals surface area contributed by atoms with E-state index in [1.54, 1.807) is 56.1 Å². The highest BCUT2D eigenvalue weighted by atomic mass is 32.1. The molecule has 0 fully saturated rings. The maximum Gasteiger partial charge on any atom is 0.338 e. The van der Waals surface area contributed by atoms with E-state index >= 15 is 0 Å². The van der Waals surface area contributed by atoms with Gasteiger partial charge in [0.2, 0.25) is 6.79 Å². The minimum atomic E-state index is -0.817. The van der Waals surface area contributed by atoms with Crippen LogP contribution in [-0.4, -0.2) is 38.2 Å². The highest BCUT2D eigenvalue weighted by Crippen LogP contribution is 2.40. The fourth-order valence-electron chi connectivity index (χ4n) is 4.93. The highest BCUT2D eigenvalue weighted by molar-refractivity contribution is 7.07. The maximum atomic E-state index is 14.1. The molecule has 2 aliphatic heterocycles. The third-order valence-electron chi connectivity index (χ3n) is 6.79. The first-order valence-electron chi connectivity index (χ1n) is 12.9. The molecule has 10 heteroatoms. The third-order valence-corrected chi connectivity index (χ3v) is 7.77. The molecule has 2 aliphatic rings. The predicted molar refractivity (Wildman–Crippen MR) is 153 cm³/mol. The SMILES string of the molecule is CCOC(=O)C1=C(c2ccccc2)N=c2s/c(=C\c3ccc(OC)c(OC)c3)c(=O)n2C1c1ccc2c(c1)OCO2. The Kier molecular flexibility index (Phi) is 7.07. The van der Waals surface area contributed by atoms with Gasteiger partial charge in [-0.15, -0.1) is 0 Å². The number of carbonyl (C=O) groups is 1. The zero-order chi connectivity index (χ0) is 28.5. The van der Waals surface area contributed by atoms with Gasteiger partial charge < -0.3 is 23.7 Å². The van der Waals surface area contributed by atoms with Crippen LogP contribution in [0.5, 0.6) is 23.0 Å². The van der Waals surface area contributed by atoms with E-state index < -0.39 is 12.0 Å². The Labute approximate surface area is 239 Å². The van der Waals surface area contributed by atoms with E-state index in [1.807, 2.05) is 42.5 Å². The maximum absolute atomic E-state index is 14.1. The van der Waals surface area contributed by atoms with E-state index in [2.05, 4.69) is 0 Å². The second-order valence-electron chi connectivity index (χ2n) is 9.16. The number of carbonyl (C=O) groups excluding carboxylic acids is 1. The van der Waals surface area contributed by atoms with Gasteiger partial charge in [0.15, 0.2) is 27.8 Å². The van der Waals surface area contributed by atoms with Crippen molar-refractivity contribution in [3.8, 4) is 23.0 Å². The van der Waals surface area contributed by atoms with Gasteiger partial charge in [-0.05, 0) is 48.4 Å². The number of hydrogen-bond donors (Lipinski definition) is 0. The number of fused-ring (bicyclic) bond motifs is 2. The summed E-state index contributed by atoms with van der Waals surface area (Å²) in [5.74, 6) is 1.71. The average Bonchev–Trinajstić information content (AvgIpc) is 3.60. The molecule has 0 radical (unpaired) electrons. The Hall–Kier alpha value is -4.83. The first kappa shape index (κ1) is 26.4. The molecule has 1 unspecified atom stereocenters. The summed E-state index contributed by atoms with van der Waals surface area (Å²) in [6, 6.07) is 19.4. The minimum absolute atomic E-state index is 0.0999. The number of esters is 1. The summed E-state index contributed by atoms with van der Waals surface area (Å²) >= 11 is 1.24. The van der Waals surface area contributed by atoms with E-state index in [1.165, 1.54) is 11.3 Å². The molecular weight excluding hydrogens is 544 g/mol. The largest absolute Gasteiger partial charge is 0.493 e. The summed E-state index contributed by atoms with van der Waals surface area (Å²) in [6.45, 7) is 2.01. The van der Waals surface area contributed by atoms with Gasteiger partial charge in [0, 0.05) is 5.56 Å². The van der Waals surface area contributed by atoms with Crippen molar-refractivity contribution in [1.29, 1.82) is 0 Å². The molecule has 0 amide bonds. The molecule has 6 rings (SSSR count). The summed E-state index contributed by atoms with van der Waals surface area (Å²) in [5.41, 5.74) is 2.58. The van der Waals surface area contributed by atoms with E-state index in [9.17, 15) is 9.59 Å². The van der Waals surface area contributed by atoms with Crippen molar-refractivity contribution in [1.82, 2.24) is 4.57 Å². The average molecular weight is 571 g/mol. The van der Waals surface area contributed by atoms with Crippen LogP contribution in [0, 0.1) is 0 Å². The van der Waals surface area contributed by atoms with Gasteiger partial charge in [-0.2, -0.15) is 0 Å². The Balaban J connectivity index is 1.62. The van der Waals surface area contributed by atoms with Crippen LogP contribution in [0.25, 0.3) is 11.8 Å². The number of hydrogen-bond acceptors (Lipinski definition) is 9. The molecule has 0 spiro atoms. The zero-order valence-electron chi connectivity index (χ0n) is 22.6. The first-order valence-corrected chi connectivity index (χ1v) is 13.7. The molecule has 208 valence electrons. The summed E-state index contributed by atoms with van der Waals surface area (Å²) in [7, 11) is 3.13. The Morgan fingerprint density at radius 1 is 1.02 bits per heavy atom.